The van der Waals surface area contributed by atoms with Crippen molar-refractivity contribution in [2.24, 2.45) is 5.73 Å². The van der Waals surface area contributed by atoms with E-state index in [9.17, 15) is 0 Å². The first kappa shape index (κ1) is 16.0. The monoisotopic (exact) mass is 453 g/mol. The number of nitrogens with two attached hydrogens (primary N) is 1. The fourth-order valence-corrected chi connectivity index (χ4v) is 2.84. The number of ether oxygens (including phenoxy) is 1. The quantitative estimate of drug-likeness (QED) is 0.459. The first-order valence-electron chi connectivity index (χ1n) is 5.30. The van der Waals surface area contributed by atoms with Crippen LogP contribution in [0.1, 0.15) is 5.56 Å². The average Bonchev–Trinajstić information content (AvgIpc) is 2.37. The summed E-state index contributed by atoms with van der Waals surface area (Å²) in [4.78, 5) is 0.237. The fourth-order valence-electron chi connectivity index (χ4n) is 1.48. The van der Waals surface area contributed by atoms with E-state index in [-0.39, 0.29) is 4.99 Å². The van der Waals surface area contributed by atoms with Crippen LogP contribution in [0.4, 0.5) is 0 Å². The minimum atomic E-state index is 0.237. The Balaban J connectivity index is 2.45. The van der Waals surface area contributed by atoms with Crippen molar-refractivity contribution in [3.05, 3.63) is 54.9 Å². The Bertz CT molecular complexity index is 694. The molecule has 2 aromatic carbocycles. The second-order valence-electron chi connectivity index (χ2n) is 3.80. The lowest BCUT2D eigenvalue weighted by Crippen LogP contribution is -2.10. The van der Waals surface area contributed by atoms with Gasteiger partial charge in [-0.05, 0) is 40.2 Å². The average molecular weight is 456 g/mol. The molecule has 2 aromatic rings. The van der Waals surface area contributed by atoms with E-state index in [1.165, 1.54) is 0 Å². The summed E-state index contributed by atoms with van der Waals surface area (Å²) in [6.07, 6.45) is 0. The predicted molar refractivity (Wildman–Crippen MR) is 94.3 cm³/mol. The molecule has 0 heterocycles. The molecule has 0 aliphatic heterocycles. The van der Waals surface area contributed by atoms with Gasteiger partial charge in [0, 0.05) is 15.0 Å². The zero-order chi connectivity index (χ0) is 14.9. The molecule has 7 heteroatoms. The van der Waals surface area contributed by atoms with E-state index in [1.54, 1.807) is 24.3 Å². The maximum absolute atomic E-state index is 6.13. The molecular formula is C13H7Br2Cl2NOS. The summed E-state index contributed by atoms with van der Waals surface area (Å²) in [6.45, 7) is 0. The number of hydrogen-bond donors (Lipinski definition) is 1. The second-order valence-corrected chi connectivity index (χ2v) is 6.83. The standard InChI is InChI=1S/C13H7Br2Cl2NOS/c14-6-1-2-11(7(3-6)13(18)20)19-12-5-9(16)8(15)4-10(12)17/h1-5H,(H2,18,20). The molecule has 0 saturated heterocycles. The summed E-state index contributed by atoms with van der Waals surface area (Å²) < 4.78 is 7.32. The molecule has 2 nitrogen and oxygen atoms in total. The first-order chi connectivity index (χ1) is 9.38. The number of rotatable bonds is 3. The third kappa shape index (κ3) is 3.65. The molecule has 0 unspecified atom stereocenters. The largest absolute Gasteiger partial charge is 0.455 e. The molecule has 0 amide bonds. The van der Waals surface area contributed by atoms with Gasteiger partial charge in [-0.3, -0.25) is 0 Å². The molecule has 20 heavy (non-hydrogen) atoms. The van der Waals surface area contributed by atoms with E-state index >= 15 is 0 Å². The van der Waals surface area contributed by atoms with Gasteiger partial charge in [-0.25, -0.2) is 0 Å². The van der Waals surface area contributed by atoms with Crippen LogP contribution in [0.25, 0.3) is 0 Å². The topological polar surface area (TPSA) is 35.2 Å². The molecule has 0 aromatic heterocycles. The van der Waals surface area contributed by atoms with Gasteiger partial charge < -0.3 is 10.5 Å². The Morgan fingerprint density at radius 1 is 1.05 bits per heavy atom. The van der Waals surface area contributed by atoms with Crippen molar-refractivity contribution in [2.45, 2.75) is 0 Å². The molecule has 104 valence electrons. The smallest absolute Gasteiger partial charge is 0.147 e. The van der Waals surface area contributed by atoms with Gasteiger partial charge in [0.1, 0.15) is 16.5 Å². The van der Waals surface area contributed by atoms with E-state index in [2.05, 4.69) is 31.9 Å². The van der Waals surface area contributed by atoms with Gasteiger partial charge in [-0.15, -0.1) is 0 Å². The molecular weight excluding hydrogens is 449 g/mol. The minimum Gasteiger partial charge on any atom is -0.455 e. The van der Waals surface area contributed by atoms with Crippen LogP contribution >= 0.6 is 67.3 Å². The molecule has 0 aliphatic carbocycles. The molecule has 2 rings (SSSR count). The maximum atomic E-state index is 6.13. The van der Waals surface area contributed by atoms with Gasteiger partial charge in [0.05, 0.1) is 15.6 Å². The van der Waals surface area contributed by atoms with Gasteiger partial charge in [0.15, 0.2) is 0 Å². The van der Waals surface area contributed by atoms with Crippen molar-refractivity contribution in [2.75, 3.05) is 0 Å². The first-order valence-corrected chi connectivity index (χ1v) is 8.05. The highest BCUT2D eigenvalue weighted by molar-refractivity contribution is 9.10. The summed E-state index contributed by atoms with van der Waals surface area (Å²) in [5.41, 5.74) is 6.31. The summed E-state index contributed by atoms with van der Waals surface area (Å²) in [7, 11) is 0. The van der Waals surface area contributed by atoms with E-state index in [0.29, 0.717) is 31.6 Å². The fraction of sp³-hybridized carbons (Fsp3) is 0. The normalized spacial score (nSPS) is 10.4. The third-order valence-corrected chi connectivity index (χ3v) is 4.61. The maximum Gasteiger partial charge on any atom is 0.147 e. The summed E-state index contributed by atoms with van der Waals surface area (Å²) >= 11 is 23.8. The number of benzene rings is 2. The highest BCUT2D eigenvalue weighted by atomic mass is 79.9. The van der Waals surface area contributed by atoms with Crippen molar-refractivity contribution in [3.8, 4) is 11.5 Å². The minimum absolute atomic E-state index is 0.237. The second kappa shape index (κ2) is 6.62. The molecule has 2 N–H and O–H groups in total. The van der Waals surface area contributed by atoms with Crippen LogP contribution < -0.4 is 10.5 Å². The van der Waals surface area contributed by atoms with E-state index in [4.69, 9.17) is 45.9 Å². The lowest BCUT2D eigenvalue weighted by atomic mass is 10.2. The predicted octanol–water partition coefficient (Wildman–Crippen LogP) is 5.94. The molecule has 0 fully saturated rings. The molecule has 0 aliphatic rings. The van der Waals surface area contributed by atoms with Crippen LogP contribution in [0.5, 0.6) is 11.5 Å². The molecule has 0 saturated carbocycles. The van der Waals surface area contributed by atoms with Crippen LogP contribution in [0.3, 0.4) is 0 Å². The number of halogens is 4. The Morgan fingerprint density at radius 2 is 1.75 bits per heavy atom. The number of thiocarbonyl (C=S) groups is 1. The van der Waals surface area contributed by atoms with E-state index in [0.717, 1.165) is 4.47 Å². The van der Waals surface area contributed by atoms with Gasteiger partial charge in [-0.1, -0.05) is 51.3 Å². The van der Waals surface area contributed by atoms with Gasteiger partial charge >= 0.3 is 0 Å². The van der Waals surface area contributed by atoms with E-state index < -0.39 is 0 Å². The zero-order valence-corrected chi connectivity index (χ0v) is 15.3. The lowest BCUT2D eigenvalue weighted by molar-refractivity contribution is 0.482. The lowest BCUT2D eigenvalue weighted by Gasteiger charge is -2.12. The van der Waals surface area contributed by atoms with Crippen molar-refractivity contribution in [3.63, 3.8) is 0 Å². The van der Waals surface area contributed by atoms with Crippen molar-refractivity contribution in [1.29, 1.82) is 0 Å². The van der Waals surface area contributed by atoms with Crippen molar-refractivity contribution >= 4 is 72.3 Å². The summed E-state index contributed by atoms with van der Waals surface area (Å²) in [5.74, 6) is 0.945. The molecule has 0 atom stereocenters. The van der Waals surface area contributed by atoms with Crippen LogP contribution in [-0.2, 0) is 0 Å². The van der Waals surface area contributed by atoms with Gasteiger partial charge in [0.25, 0.3) is 0 Å². The third-order valence-electron chi connectivity index (χ3n) is 2.40. The molecule has 0 bridgehead atoms. The zero-order valence-electron chi connectivity index (χ0n) is 9.79. The Morgan fingerprint density at radius 3 is 2.40 bits per heavy atom. The van der Waals surface area contributed by atoms with Gasteiger partial charge in [-0.2, -0.15) is 0 Å². The Hall–Kier alpha value is -0.330. The van der Waals surface area contributed by atoms with Crippen LogP contribution in [0.2, 0.25) is 10.0 Å². The van der Waals surface area contributed by atoms with Gasteiger partial charge in [0.2, 0.25) is 0 Å². The Kier molecular flexibility index (Phi) is 5.31. The molecule has 0 radical (unpaired) electrons. The van der Waals surface area contributed by atoms with Crippen LogP contribution in [-0.4, -0.2) is 4.99 Å². The molecule has 0 spiro atoms. The van der Waals surface area contributed by atoms with Crippen molar-refractivity contribution in [1.82, 2.24) is 0 Å². The number of hydrogen-bond acceptors (Lipinski definition) is 2. The SMILES string of the molecule is NC(=S)c1cc(Br)ccc1Oc1cc(Cl)c(Br)cc1Cl. The summed E-state index contributed by atoms with van der Waals surface area (Å²) in [5, 5.41) is 0.927. The van der Waals surface area contributed by atoms with Crippen LogP contribution in [0, 0.1) is 0 Å². The van der Waals surface area contributed by atoms with Crippen LogP contribution in [0.15, 0.2) is 39.3 Å². The van der Waals surface area contributed by atoms with Crippen molar-refractivity contribution < 1.29 is 4.74 Å². The highest BCUT2D eigenvalue weighted by Gasteiger charge is 2.12. The Labute approximate surface area is 148 Å². The highest BCUT2D eigenvalue weighted by Crippen LogP contribution is 2.37. The van der Waals surface area contributed by atoms with E-state index in [1.807, 2.05) is 6.07 Å². The summed E-state index contributed by atoms with van der Waals surface area (Å²) in [6, 6.07) is 8.65.